The Morgan fingerprint density at radius 1 is 1.37 bits per heavy atom. The van der Waals surface area contributed by atoms with E-state index in [4.69, 9.17) is 5.73 Å². The van der Waals surface area contributed by atoms with Crippen molar-refractivity contribution < 1.29 is 8.42 Å². The van der Waals surface area contributed by atoms with Crippen molar-refractivity contribution in [2.45, 2.75) is 11.8 Å². The van der Waals surface area contributed by atoms with E-state index < -0.39 is 10.0 Å². The number of nitrogen functional groups attached to an aromatic ring is 1. The number of nitrogens with one attached hydrogen (secondary N) is 1. The van der Waals surface area contributed by atoms with Crippen LogP contribution in [0.15, 0.2) is 33.6 Å². The molecule has 1 aromatic carbocycles. The molecular formula is C11H13BrN4O2S. The standard InChI is InChI=1S/C11H13BrN4O2S/c1-7-5-11(16(2)14-7)15-19(17,18)8-3-4-10(13)9(12)6-8/h3-6,15H,13H2,1-2H3. The molecule has 1 heterocycles. The van der Waals surface area contributed by atoms with Crippen molar-refractivity contribution in [1.29, 1.82) is 0 Å². The number of anilines is 2. The molecule has 0 amide bonds. The van der Waals surface area contributed by atoms with Crippen LogP contribution >= 0.6 is 15.9 Å². The van der Waals surface area contributed by atoms with Crippen LogP contribution in [0.25, 0.3) is 0 Å². The van der Waals surface area contributed by atoms with Crippen molar-refractivity contribution in [3.8, 4) is 0 Å². The fraction of sp³-hybridized carbons (Fsp3) is 0.182. The Bertz CT molecular complexity index is 724. The molecule has 0 atom stereocenters. The fourth-order valence-electron chi connectivity index (χ4n) is 1.58. The minimum atomic E-state index is -3.66. The zero-order chi connectivity index (χ0) is 14.2. The van der Waals surface area contributed by atoms with E-state index in [9.17, 15) is 8.42 Å². The normalized spacial score (nSPS) is 11.5. The van der Waals surface area contributed by atoms with Crippen molar-refractivity contribution in [2.75, 3.05) is 10.5 Å². The van der Waals surface area contributed by atoms with E-state index >= 15 is 0 Å². The van der Waals surface area contributed by atoms with Gasteiger partial charge in [0.25, 0.3) is 10.0 Å². The average Bonchev–Trinajstić information content (AvgIpc) is 2.60. The van der Waals surface area contributed by atoms with Gasteiger partial charge in [-0.25, -0.2) is 8.42 Å². The number of benzene rings is 1. The molecule has 0 saturated heterocycles. The smallest absolute Gasteiger partial charge is 0.263 e. The molecule has 2 aromatic rings. The Kier molecular flexibility index (Phi) is 3.55. The third kappa shape index (κ3) is 2.90. The first-order valence-corrected chi connectivity index (χ1v) is 7.66. The second-order valence-corrected chi connectivity index (χ2v) is 6.62. The lowest BCUT2D eigenvalue weighted by Gasteiger charge is -2.09. The molecule has 0 saturated carbocycles. The van der Waals surface area contributed by atoms with Crippen molar-refractivity contribution >= 4 is 37.5 Å². The van der Waals surface area contributed by atoms with Crippen LogP contribution in [0.5, 0.6) is 0 Å². The molecule has 3 N–H and O–H groups in total. The molecule has 2 rings (SSSR count). The number of nitrogens with two attached hydrogens (primary N) is 1. The molecule has 102 valence electrons. The predicted molar refractivity (Wildman–Crippen MR) is 77.3 cm³/mol. The summed E-state index contributed by atoms with van der Waals surface area (Å²) in [5, 5.41) is 4.08. The van der Waals surface area contributed by atoms with Crippen molar-refractivity contribution in [2.24, 2.45) is 7.05 Å². The minimum absolute atomic E-state index is 0.132. The molecule has 6 nitrogen and oxygen atoms in total. The maximum absolute atomic E-state index is 12.2. The molecule has 0 aliphatic rings. The van der Waals surface area contributed by atoms with Crippen molar-refractivity contribution in [1.82, 2.24) is 9.78 Å². The maximum atomic E-state index is 12.2. The van der Waals surface area contributed by atoms with Gasteiger partial charge in [0.2, 0.25) is 0 Å². The summed E-state index contributed by atoms with van der Waals surface area (Å²) < 4.78 is 28.9. The third-order valence-corrected chi connectivity index (χ3v) is 4.56. The topological polar surface area (TPSA) is 90.0 Å². The van der Waals surface area contributed by atoms with E-state index in [1.807, 2.05) is 0 Å². The molecule has 0 radical (unpaired) electrons. The first-order chi connectivity index (χ1) is 8.79. The van der Waals surface area contributed by atoms with Crippen LogP contribution < -0.4 is 10.5 Å². The van der Waals surface area contributed by atoms with Crippen LogP contribution in [0.1, 0.15) is 5.69 Å². The Hall–Kier alpha value is -1.54. The molecule has 0 bridgehead atoms. The number of aromatic nitrogens is 2. The van der Waals surface area contributed by atoms with E-state index in [0.717, 1.165) is 5.69 Å². The van der Waals surface area contributed by atoms with Gasteiger partial charge in [0, 0.05) is 23.3 Å². The highest BCUT2D eigenvalue weighted by molar-refractivity contribution is 9.10. The number of nitrogens with zero attached hydrogens (tertiary/aromatic N) is 2. The van der Waals surface area contributed by atoms with Crippen LogP contribution in [-0.2, 0) is 17.1 Å². The monoisotopic (exact) mass is 344 g/mol. The average molecular weight is 345 g/mol. The second kappa shape index (κ2) is 4.86. The Morgan fingerprint density at radius 3 is 2.58 bits per heavy atom. The van der Waals surface area contributed by atoms with Gasteiger partial charge in [0.1, 0.15) is 5.82 Å². The van der Waals surface area contributed by atoms with Crippen LogP contribution in [0.2, 0.25) is 0 Å². The van der Waals surface area contributed by atoms with E-state index in [-0.39, 0.29) is 4.90 Å². The van der Waals surface area contributed by atoms with E-state index in [1.54, 1.807) is 20.0 Å². The van der Waals surface area contributed by atoms with Gasteiger partial charge in [0.05, 0.1) is 10.6 Å². The van der Waals surface area contributed by atoms with Gasteiger partial charge in [-0.2, -0.15) is 5.10 Å². The lowest BCUT2D eigenvalue weighted by atomic mass is 10.3. The predicted octanol–water partition coefficient (Wildman–Crippen LogP) is 1.87. The summed E-state index contributed by atoms with van der Waals surface area (Å²) in [6.45, 7) is 1.79. The highest BCUT2D eigenvalue weighted by Crippen LogP contribution is 2.24. The Balaban J connectivity index is 2.37. The molecule has 8 heteroatoms. The fourth-order valence-corrected chi connectivity index (χ4v) is 3.21. The van der Waals surface area contributed by atoms with E-state index in [2.05, 4.69) is 25.8 Å². The largest absolute Gasteiger partial charge is 0.398 e. The zero-order valence-corrected chi connectivity index (χ0v) is 12.8. The van der Waals surface area contributed by atoms with Gasteiger partial charge < -0.3 is 5.73 Å². The van der Waals surface area contributed by atoms with E-state index in [1.165, 1.54) is 22.9 Å². The lowest BCUT2D eigenvalue weighted by molar-refractivity contribution is 0.600. The summed E-state index contributed by atoms with van der Waals surface area (Å²) in [6.07, 6.45) is 0. The van der Waals surface area contributed by atoms with Gasteiger partial charge in [-0.3, -0.25) is 9.40 Å². The highest BCUT2D eigenvalue weighted by atomic mass is 79.9. The summed E-state index contributed by atoms with van der Waals surface area (Å²) in [6, 6.07) is 6.10. The van der Waals surface area contributed by atoms with Gasteiger partial charge in [-0.1, -0.05) is 0 Å². The van der Waals surface area contributed by atoms with Gasteiger partial charge >= 0.3 is 0 Å². The van der Waals surface area contributed by atoms with Gasteiger partial charge in [-0.15, -0.1) is 0 Å². The molecule has 0 spiro atoms. The molecule has 0 aliphatic heterocycles. The zero-order valence-electron chi connectivity index (χ0n) is 10.4. The van der Waals surface area contributed by atoms with Crippen LogP contribution in [0.4, 0.5) is 11.5 Å². The first kappa shape index (κ1) is 13.9. The van der Waals surface area contributed by atoms with Crippen LogP contribution in [0.3, 0.4) is 0 Å². The number of sulfonamides is 1. The van der Waals surface area contributed by atoms with Crippen molar-refractivity contribution in [3.05, 3.63) is 34.4 Å². The van der Waals surface area contributed by atoms with Crippen LogP contribution in [-0.4, -0.2) is 18.2 Å². The second-order valence-electron chi connectivity index (χ2n) is 4.08. The molecule has 0 unspecified atom stereocenters. The maximum Gasteiger partial charge on any atom is 0.263 e. The van der Waals surface area contributed by atoms with Gasteiger partial charge in [-0.05, 0) is 41.1 Å². The third-order valence-electron chi connectivity index (χ3n) is 2.52. The SMILES string of the molecule is Cc1cc(NS(=O)(=O)c2ccc(N)c(Br)c2)n(C)n1. The van der Waals surface area contributed by atoms with Gasteiger partial charge in [0.15, 0.2) is 0 Å². The molecule has 0 aliphatic carbocycles. The molecule has 0 fully saturated rings. The van der Waals surface area contributed by atoms with Crippen LogP contribution in [0, 0.1) is 6.92 Å². The lowest BCUT2D eigenvalue weighted by Crippen LogP contribution is -2.15. The Labute approximate surface area is 119 Å². The summed E-state index contributed by atoms with van der Waals surface area (Å²) in [5.74, 6) is 0.408. The summed E-state index contributed by atoms with van der Waals surface area (Å²) in [7, 11) is -1.99. The molecule has 19 heavy (non-hydrogen) atoms. The number of halogens is 1. The number of hydrogen-bond donors (Lipinski definition) is 2. The summed E-state index contributed by atoms with van der Waals surface area (Å²) in [5.41, 5.74) is 6.85. The number of hydrogen-bond acceptors (Lipinski definition) is 4. The molecule has 1 aromatic heterocycles. The first-order valence-electron chi connectivity index (χ1n) is 5.38. The van der Waals surface area contributed by atoms with E-state index in [0.29, 0.717) is 16.0 Å². The summed E-state index contributed by atoms with van der Waals surface area (Å²) >= 11 is 3.21. The minimum Gasteiger partial charge on any atom is -0.398 e. The number of rotatable bonds is 3. The quantitative estimate of drug-likeness (QED) is 0.831. The Morgan fingerprint density at radius 2 is 2.05 bits per heavy atom. The highest BCUT2D eigenvalue weighted by Gasteiger charge is 2.17. The summed E-state index contributed by atoms with van der Waals surface area (Å²) in [4.78, 5) is 0.132. The molecular weight excluding hydrogens is 332 g/mol. The number of aryl methyl sites for hydroxylation is 2. The van der Waals surface area contributed by atoms with Crippen molar-refractivity contribution in [3.63, 3.8) is 0 Å².